The van der Waals surface area contributed by atoms with E-state index < -0.39 is 16.1 Å². The van der Waals surface area contributed by atoms with Gasteiger partial charge < -0.3 is 14.6 Å². The van der Waals surface area contributed by atoms with Crippen molar-refractivity contribution >= 4 is 32.4 Å². The van der Waals surface area contributed by atoms with Crippen molar-refractivity contribution in [1.29, 1.82) is 0 Å². The Balaban J connectivity index is 1.26. The van der Waals surface area contributed by atoms with Gasteiger partial charge in [-0.15, -0.1) is 0 Å². The van der Waals surface area contributed by atoms with Crippen LogP contribution in [-0.2, 0) is 21.2 Å². The number of amides is 1. The molecule has 41 heavy (non-hydrogen) atoms. The van der Waals surface area contributed by atoms with Crippen LogP contribution in [0.15, 0.2) is 108 Å². The second-order valence-electron chi connectivity index (χ2n) is 10.4. The van der Waals surface area contributed by atoms with Gasteiger partial charge in [0.2, 0.25) is 5.91 Å². The first kappa shape index (κ1) is 25.3. The number of ether oxygens (including phenoxy) is 1. The number of aromatic nitrogens is 2. The lowest BCUT2D eigenvalue weighted by Crippen LogP contribution is -2.50. The molecule has 5 aromatic rings. The number of hydrogen-bond acceptors (Lipinski definition) is 5. The van der Waals surface area contributed by atoms with Crippen LogP contribution in [0.2, 0.25) is 0 Å². The molecule has 9 heteroatoms. The smallest absolute Gasteiger partial charge is 0.264 e. The van der Waals surface area contributed by atoms with E-state index in [-0.39, 0.29) is 29.9 Å². The Morgan fingerprint density at radius 1 is 0.927 bits per heavy atom. The van der Waals surface area contributed by atoms with Gasteiger partial charge in [-0.3, -0.25) is 9.10 Å². The van der Waals surface area contributed by atoms with Crippen LogP contribution in [0.3, 0.4) is 0 Å². The zero-order valence-electron chi connectivity index (χ0n) is 22.2. The quantitative estimate of drug-likeness (QED) is 0.321. The molecule has 1 N–H and O–H groups in total. The fraction of sp³-hybridized carbons (Fsp3) is 0.188. The average molecular weight is 565 g/mol. The number of anilines is 1. The maximum atomic E-state index is 14.3. The SMILES string of the molecule is O=C(CC1COc2ccccc2N1S(=O)(=O)c1ccc2ccccc2c1)N1CCc2[nH]cnc2C1c1ccccc1. The monoisotopic (exact) mass is 564 g/mol. The molecule has 7 rings (SSSR count). The third-order valence-corrected chi connectivity index (χ3v) is 9.78. The number of aromatic amines is 1. The van der Waals surface area contributed by atoms with Crippen molar-refractivity contribution in [3.05, 3.63) is 120 Å². The Bertz CT molecular complexity index is 1850. The van der Waals surface area contributed by atoms with E-state index in [0.717, 1.165) is 27.7 Å². The molecular formula is C32H28N4O4S. The average Bonchev–Trinajstić information content (AvgIpc) is 3.49. The van der Waals surface area contributed by atoms with E-state index in [4.69, 9.17) is 4.74 Å². The van der Waals surface area contributed by atoms with Crippen molar-refractivity contribution in [2.75, 3.05) is 17.5 Å². The topological polar surface area (TPSA) is 95.6 Å². The summed E-state index contributed by atoms with van der Waals surface area (Å²) < 4.78 is 36.0. The van der Waals surface area contributed by atoms with E-state index in [0.29, 0.717) is 24.4 Å². The lowest BCUT2D eigenvalue weighted by molar-refractivity contribution is -0.133. The molecule has 206 valence electrons. The normalized spacial score (nSPS) is 18.4. The van der Waals surface area contributed by atoms with Crippen LogP contribution in [0.4, 0.5) is 5.69 Å². The third kappa shape index (κ3) is 4.42. The van der Waals surface area contributed by atoms with E-state index in [1.54, 1.807) is 36.7 Å². The Labute approximate surface area is 238 Å². The second kappa shape index (κ2) is 10.1. The molecular weight excluding hydrogens is 536 g/mol. The summed E-state index contributed by atoms with van der Waals surface area (Å²) in [6.45, 7) is 0.558. The fourth-order valence-corrected chi connectivity index (χ4v) is 7.64. The minimum atomic E-state index is -4.03. The van der Waals surface area contributed by atoms with Gasteiger partial charge in [0.25, 0.3) is 10.0 Å². The van der Waals surface area contributed by atoms with E-state index >= 15 is 0 Å². The van der Waals surface area contributed by atoms with Gasteiger partial charge in [0.05, 0.1) is 35.1 Å². The number of fused-ring (bicyclic) bond motifs is 3. The molecule has 0 aliphatic carbocycles. The van der Waals surface area contributed by atoms with Gasteiger partial charge in [0.1, 0.15) is 18.4 Å². The first-order valence-electron chi connectivity index (χ1n) is 13.6. The second-order valence-corrected chi connectivity index (χ2v) is 12.2. The maximum absolute atomic E-state index is 14.3. The molecule has 2 aliphatic heterocycles. The minimum absolute atomic E-state index is 0.0375. The van der Waals surface area contributed by atoms with Crippen molar-refractivity contribution in [1.82, 2.24) is 14.9 Å². The Morgan fingerprint density at radius 3 is 2.54 bits per heavy atom. The molecule has 4 aromatic carbocycles. The van der Waals surface area contributed by atoms with Gasteiger partial charge in [0, 0.05) is 18.7 Å². The highest BCUT2D eigenvalue weighted by atomic mass is 32.2. The predicted molar refractivity (Wildman–Crippen MR) is 156 cm³/mol. The minimum Gasteiger partial charge on any atom is -0.489 e. The highest BCUT2D eigenvalue weighted by Gasteiger charge is 2.41. The number of nitrogens with zero attached hydrogens (tertiary/aromatic N) is 3. The lowest BCUT2D eigenvalue weighted by Gasteiger charge is -2.40. The number of sulfonamides is 1. The molecule has 0 saturated carbocycles. The molecule has 0 fully saturated rings. The molecule has 8 nitrogen and oxygen atoms in total. The van der Waals surface area contributed by atoms with Crippen molar-refractivity contribution in [3.8, 4) is 5.75 Å². The Hall–Kier alpha value is -4.63. The van der Waals surface area contributed by atoms with Crippen LogP contribution in [-0.4, -0.2) is 48.4 Å². The van der Waals surface area contributed by atoms with Gasteiger partial charge >= 0.3 is 0 Å². The highest BCUT2D eigenvalue weighted by Crippen LogP contribution is 2.40. The van der Waals surface area contributed by atoms with Crippen LogP contribution in [0.25, 0.3) is 10.8 Å². The highest BCUT2D eigenvalue weighted by molar-refractivity contribution is 7.92. The summed E-state index contributed by atoms with van der Waals surface area (Å²) in [5.41, 5.74) is 3.22. The number of para-hydroxylation sites is 2. The fourth-order valence-electron chi connectivity index (χ4n) is 5.96. The van der Waals surface area contributed by atoms with Crippen LogP contribution >= 0.6 is 0 Å². The molecule has 1 amide bonds. The number of carbonyl (C=O) groups excluding carboxylic acids is 1. The molecule has 2 unspecified atom stereocenters. The molecule has 0 saturated heterocycles. The number of benzene rings is 4. The first-order valence-corrected chi connectivity index (χ1v) is 15.1. The molecule has 0 radical (unpaired) electrons. The molecule has 2 atom stereocenters. The molecule has 0 bridgehead atoms. The summed E-state index contributed by atoms with van der Waals surface area (Å²) in [6.07, 6.45) is 2.27. The van der Waals surface area contributed by atoms with E-state index in [9.17, 15) is 13.2 Å². The summed E-state index contributed by atoms with van der Waals surface area (Å²) in [6, 6.07) is 28.6. The van der Waals surface area contributed by atoms with Crippen LogP contribution in [0.1, 0.15) is 29.4 Å². The zero-order valence-corrected chi connectivity index (χ0v) is 23.0. The zero-order chi connectivity index (χ0) is 28.0. The molecule has 2 aliphatic rings. The number of H-pyrrole nitrogens is 1. The Kier molecular flexibility index (Phi) is 6.23. The summed E-state index contributed by atoms with van der Waals surface area (Å²) in [7, 11) is -4.03. The van der Waals surface area contributed by atoms with Gasteiger partial charge in [0.15, 0.2) is 0 Å². The van der Waals surface area contributed by atoms with Crippen LogP contribution < -0.4 is 9.04 Å². The van der Waals surface area contributed by atoms with Crippen LogP contribution in [0, 0.1) is 0 Å². The van der Waals surface area contributed by atoms with Crippen molar-refractivity contribution in [3.63, 3.8) is 0 Å². The Morgan fingerprint density at radius 2 is 1.68 bits per heavy atom. The summed E-state index contributed by atoms with van der Waals surface area (Å²) in [5, 5.41) is 1.78. The number of rotatable bonds is 5. The number of hydrogen-bond donors (Lipinski definition) is 1. The van der Waals surface area contributed by atoms with Gasteiger partial charge in [-0.2, -0.15) is 0 Å². The van der Waals surface area contributed by atoms with E-state index in [2.05, 4.69) is 9.97 Å². The van der Waals surface area contributed by atoms with Crippen molar-refractivity contribution in [2.24, 2.45) is 0 Å². The van der Waals surface area contributed by atoms with Gasteiger partial charge in [-0.25, -0.2) is 13.4 Å². The van der Waals surface area contributed by atoms with Gasteiger partial charge in [-0.05, 0) is 40.6 Å². The molecule has 3 heterocycles. The summed E-state index contributed by atoms with van der Waals surface area (Å²) in [5.74, 6) is 0.320. The van der Waals surface area contributed by atoms with Gasteiger partial charge in [-0.1, -0.05) is 72.8 Å². The van der Waals surface area contributed by atoms with Crippen LogP contribution in [0.5, 0.6) is 5.75 Å². The summed E-state index contributed by atoms with van der Waals surface area (Å²) in [4.78, 5) is 23.9. The summed E-state index contributed by atoms with van der Waals surface area (Å²) >= 11 is 0. The van der Waals surface area contributed by atoms with E-state index in [1.165, 1.54) is 4.31 Å². The largest absolute Gasteiger partial charge is 0.489 e. The maximum Gasteiger partial charge on any atom is 0.264 e. The number of carbonyl (C=O) groups is 1. The first-order chi connectivity index (χ1) is 20.0. The lowest BCUT2D eigenvalue weighted by atomic mass is 9.95. The number of nitrogens with one attached hydrogen (secondary N) is 1. The van der Waals surface area contributed by atoms with Crippen molar-refractivity contribution in [2.45, 2.75) is 29.8 Å². The third-order valence-electron chi connectivity index (χ3n) is 7.91. The predicted octanol–water partition coefficient (Wildman–Crippen LogP) is 5.08. The molecule has 1 aromatic heterocycles. The van der Waals surface area contributed by atoms with Crippen molar-refractivity contribution < 1.29 is 17.9 Å². The standard InChI is InChI=1S/C32H28N4O4S/c37-30(35-17-16-27-31(34-21-33-27)32(35)23-9-2-1-3-10-23)19-25-20-40-29-13-7-6-12-28(29)36(25)41(38,39)26-15-14-22-8-4-5-11-24(22)18-26/h1-15,18,21,25,32H,16-17,19-20H2,(H,33,34). The molecule has 0 spiro atoms. The van der Waals surface area contributed by atoms with E-state index in [1.807, 2.05) is 71.6 Å². The number of imidazole rings is 1.